The van der Waals surface area contributed by atoms with Crippen LogP contribution in [0.25, 0.3) is 0 Å². The molecule has 2 aromatic rings. The topological polar surface area (TPSA) is 73.1 Å². The summed E-state index contributed by atoms with van der Waals surface area (Å²) in [5, 5.41) is 0.238. The van der Waals surface area contributed by atoms with E-state index in [4.69, 9.17) is 22.2 Å². The monoisotopic (exact) mass is 304 g/mol. The first kappa shape index (κ1) is 14.4. The molecular weight excluding hydrogens is 297 g/mol. The van der Waals surface area contributed by atoms with Crippen LogP contribution in [0.2, 0.25) is 5.02 Å². The van der Waals surface area contributed by atoms with Gasteiger partial charge < -0.3 is 10.2 Å². The van der Waals surface area contributed by atoms with Crippen LogP contribution in [0.5, 0.6) is 11.6 Å². The highest BCUT2D eigenvalue weighted by Crippen LogP contribution is 2.32. The predicted molar refractivity (Wildman–Crippen MR) is 66.4 cm³/mol. The number of halogens is 4. The Labute approximate surface area is 116 Å². The van der Waals surface area contributed by atoms with Gasteiger partial charge >= 0.3 is 6.18 Å². The SMILES string of the molecule is NNc1cc(Oc2ccccc2Cl)nc(C(F)(F)F)n1. The molecule has 0 spiro atoms. The van der Waals surface area contributed by atoms with Gasteiger partial charge in [-0.1, -0.05) is 23.7 Å². The van der Waals surface area contributed by atoms with Crippen LogP contribution in [0.4, 0.5) is 19.0 Å². The number of hydrogen-bond donors (Lipinski definition) is 2. The van der Waals surface area contributed by atoms with Crippen molar-refractivity contribution in [2.24, 2.45) is 5.84 Å². The second-order valence-corrected chi connectivity index (χ2v) is 4.00. The number of hydrogen-bond acceptors (Lipinski definition) is 5. The van der Waals surface area contributed by atoms with Crippen LogP contribution in [-0.2, 0) is 6.18 Å². The Morgan fingerprint density at radius 2 is 1.90 bits per heavy atom. The van der Waals surface area contributed by atoms with Crippen molar-refractivity contribution in [3.8, 4) is 11.6 Å². The molecule has 0 aliphatic heterocycles. The minimum absolute atomic E-state index is 0.170. The molecule has 0 amide bonds. The largest absolute Gasteiger partial charge is 0.451 e. The highest BCUT2D eigenvalue weighted by molar-refractivity contribution is 6.32. The van der Waals surface area contributed by atoms with Gasteiger partial charge in [-0.2, -0.15) is 18.2 Å². The average molecular weight is 305 g/mol. The molecule has 0 saturated carbocycles. The van der Waals surface area contributed by atoms with Crippen LogP contribution in [0, 0.1) is 0 Å². The van der Waals surface area contributed by atoms with Crippen molar-refractivity contribution in [2.45, 2.75) is 6.18 Å². The molecule has 1 heterocycles. The quantitative estimate of drug-likeness (QED) is 0.673. The van der Waals surface area contributed by atoms with Gasteiger partial charge in [0.05, 0.1) is 5.02 Å². The van der Waals surface area contributed by atoms with E-state index in [0.29, 0.717) is 0 Å². The van der Waals surface area contributed by atoms with Gasteiger partial charge in [-0.05, 0) is 12.1 Å². The van der Waals surface area contributed by atoms with Gasteiger partial charge in [0.15, 0.2) is 0 Å². The van der Waals surface area contributed by atoms with Crippen LogP contribution in [-0.4, -0.2) is 9.97 Å². The molecule has 0 aliphatic rings. The molecule has 9 heteroatoms. The molecule has 0 saturated heterocycles. The first-order valence-electron chi connectivity index (χ1n) is 5.25. The van der Waals surface area contributed by atoms with E-state index in [2.05, 4.69) is 9.97 Å². The number of rotatable bonds is 3. The minimum atomic E-state index is -4.72. The van der Waals surface area contributed by atoms with Gasteiger partial charge in [-0.3, -0.25) is 0 Å². The Kier molecular flexibility index (Phi) is 3.96. The van der Waals surface area contributed by atoms with E-state index in [1.165, 1.54) is 12.1 Å². The number of hydrazine groups is 1. The van der Waals surface area contributed by atoms with Crippen LogP contribution >= 0.6 is 11.6 Å². The maximum atomic E-state index is 12.6. The molecule has 0 aliphatic carbocycles. The van der Waals surface area contributed by atoms with Crippen LogP contribution < -0.4 is 16.0 Å². The van der Waals surface area contributed by atoms with Gasteiger partial charge in [0.1, 0.15) is 11.6 Å². The predicted octanol–water partition coefficient (Wildman–Crippen LogP) is 3.23. The summed E-state index contributed by atoms with van der Waals surface area (Å²) in [6.07, 6.45) is -4.72. The molecular formula is C11H8ClF3N4O. The number of nitrogen functional groups attached to an aromatic ring is 1. The molecule has 0 unspecified atom stereocenters. The third-order valence-corrected chi connectivity index (χ3v) is 2.47. The van der Waals surface area contributed by atoms with Crippen molar-refractivity contribution in [1.29, 1.82) is 0 Å². The van der Waals surface area contributed by atoms with Crippen molar-refractivity contribution in [1.82, 2.24) is 9.97 Å². The van der Waals surface area contributed by atoms with Crippen molar-refractivity contribution >= 4 is 17.4 Å². The Hall–Kier alpha value is -2.06. The summed E-state index contributed by atoms with van der Waals surface area (Å²) < 4.78 is 43.1. The number of alkyl halides is 3. The Morgan fingerprint density at radius 3 is 2.50 bits per heavy atom. The molecule has 1 aromatic heterocycles. The molecule has 106 valence electrons. The normalized spacial score (nSPS) is 11.2. The fourth-order valence-corrected chi connectivity index (χ4v) is 1.49. The number of nitrogens with zero attached hydrogens (tertiary/aromatic N) is 2. The second-order valence-electron chi connectivity index (χ2n) is 3.59. The van der Waals surface area contributed by atoms with Crippen molar-refractivity contribution in [3.05, 3.63) is 41.2 Å². The van der Waals surface area contributed by atoms with Crippen LogP contribution in [0.1, 0.15) is 5.82 Å². The van der Waals surface area contributed by atoms with E-state index < -0.39 is 12.0 Å². The van der Waals surface area contributed by atoms with E-state index in [0.717, 1.165) is 6.07 Å². The molecule has 2 rings (SSSR count). The lowest BCUT2D eigenvalue weighted by Gasteiger charge is -2.11. The number of ether oxygens (including phenoxy) is 1. The van der Waals surface area contributed by atoms with E-state index in [1.807, 2.05) is 5.43 Å². The zero-order chi connectivity index (χ0) is 14.8. The van der Waals surface area contributed by atoms with Crippen LogP contribution in [0.15, 0.2) is 30.3 Å². The summed E-state index contributed by atoms with van der Waals surface area (Å²) in [6, 6.07) is 7.43. The summed E-state index contributed by atoms with van der Waals surface area (Å²) in [4.78, 5) is 6.48. The third-order valence-electron chi connectivity index (χ3n) is 2.16. The standard InChI is InChI=1S/C11H8ClF3N4O/c12-6-3-1-2-4-7(6)20-9-5-8(19-16)17-10(18-9)11(13,14)15/h1-5H,16H2,(H,17,18,19). The lowest BCUT2D eigenvalue weighted by molar-refractivity contribution is -0.145. The summed E-state index contributed by atoms with van der Waals surface area (Å²) >= 11 is 5.85. The Morgan fingerprint density at radius 1 is 1.20 bits per heavy atom. The Balaban J connectivity index is 2.39. The molecule has 0 bridgehead atoms. The van der Waals surface area contributed by atoms with E-state index >= 15 is 0 Å². The van der Waals surface area contributed by atoms with Crippen molar-refractivity contribution < 1.29 is 17.9 Å². The van der Waals surface area contributed by atoms with Gasteiger partial charge in [0.25, 0.3) is 0 Å². The first-order valence-corrected chi connectivity index (χ1v) is 5.63. The second kappa shape index (κ2) is 5.51. The van der Waals surface area contributed by atoms with Crippen molar-refractivity contribution in [2.75, 3.05) is 5.43 Å². The highest BCUT2D eigenvalue weighted by atomic mass is 35.5. The zero-order valence-corrected chi connectivity index (χ0v) is 10.5. The lowest BCUT2D eigenvalue weighted by Crippen LogP contribution is -2.16. The highest BCUT2D eigenvalue weighted by Gasteiger charge is 2.35. The molecule has 0 radical (unpaired) electrons. The number of aromatic nitrogens is 2. The number of benzene rings is 1. The molecule has 20 heavy (non-hydrogen) atoms. The number of nitrogens with one attached hydrogen (secondary N) is 1. The fourth-order valence-electron chi connectivity index (χ4n) is 1.32. The maximum Gasteiger partial charge on any atom is 0.451 e. The molecule has 0 fully saturated rings. The van der Waals surface area contributed by atoms with E-state index in [-0.39, 0.29) is 22.5 Å². The Bertz CT molecular complexity index is 621. The van der Waals surface area contributed by atoms with Crippen molar-refractivity contribution in [3.63, 3.8) is 0 Å². The summed E-state index contributed by atoms with van der Waals surface area (Å²) in [5.74, 6) is 3.32. The zero-order valence-electron chi connectivity index (χ0n) is 9.78. The smallest absolute Gasteiger partial charge is 0.437 e. The van der Waals surface area contributed by atoms with Gasteiger partial charge in [0.2, 0.25) is 11.7 Å². The fraction of sp³-hybridized carbons (Fsp3) is 0.0909. The number of anilines is 1. The van der Waals surface area contributed by atoms with Crippen LogP contribution in [0.3, 0.4) is 0 Å². The first-order chi connectivity index (χ1) is 9.40. The summed E-state index contributed by atoms with van der Waals surface area (Å²) in [7, 11) is 0. The van der Waals surface area contributed by atoms with E-state index in [9.17, 15) is 13.2 Å². The third kappa shape index (κ3) is 3.28. The summed E-state index contributed by atoms with van der Waals surface area (Å²) in [6.45, 7) is 0. The number of para-hydroxylation sites is 1. The van der Waals surface area contributed by atoms with Gasteiger partial charge in [0, 0.05) is 6.07 Å². The maximum absolute atomic E-state index is 12.6. The molecule has 0 atom stereocenters. The summed E-state index contributed by atoms with van der Waals surface area (Å²) in [5.41, 5.74) is 2.02. The average Bonchev–Trinajstić information content (AvgIpc) is 2.40. The van der Waals surface area contributed by atoms with Gasteiger partial charge in [-0.25, -0.2) is 10.8 Å². The molecule has 1 aromatic carbocycles. The van der Waals surface area contributed by atoms with E-state index in [1.54, 1.807) is 12.1 Å². The molecule has 3 N–H and O–H groups in total. The minimum Gasteiger partial charge on any atom is -0.437 e. The lowest BCUT2D eigenvalue weighted by atomic mass is 10.3. The van der Waals surface area contributed by atoms with Gasteiger partial charge in [-0.15, -0.1) is 0 Å². The molecule has 5 nitrogen and oxygen atoms in total. The number of nitrogens with two attached hydrogens (primary N) is 1.